The van der Waals surface area contributed by atoms with Crippen LogP contribution in [0.25, 0.3) is 0 Å². The highest BCUT2D eigenvalue weighted by molar-refractivity contribution is 9.10. The normalized spacial score (nSPS) is 12.6. The van der Waals surface area contributed by atoms with E-state index in [1.165, 1.54) is 6.07 Å². The minimum Gasteiger partial charge on any atom is -0.308 e. The fourth-order valence-corrected chi connectivity index (χ4v) is 3.05. The van der Waals surface area contributed by atoms with E-state index in [1.54, 1.807) is 11.3 Å². The monoisotopic (exact) mass is 356 g/mol. The summed E-state index contributed by atoms with van der Waals surface area (Å²) in [6, 6.07) is 5.29. The van der Waals surface area contributed by atoms with E-state index < -0.39 is 0 Å². The first-order valence-electron chi connectivity index (χ1n) is 6.69. The van der Waals surface area contributed by atoms with E-state index in [0.29, 0.717) is 12.0 Å². The van der Waals surface area contributed by atoms with Gasteiger partial charge in [-0.25, -0.2) is 9.37 Å². The molecule has 1 atom stereocenters. The van der Waals surface area contributed by atoms with Gasteiger partial charge in [-0.15, -0.1) is 11.3 Å². The average Bonchev–Trinajstić information content (AvgIpc) is 2.83. The fraction of sp³-hybridized carbons (Fsp3) is 0.400. The van der Waals surface area contributed by atoms with Crippen LogP contribution in [-0.2, 0) is 6.42 Å². The molecule has 0 amide bonds. The van der Waals surface area contributed by atoms with Crippen LogP contribution in [0, 0.1) is 12.7 Å². The molecule has 1 N–H and O–H groups in total. The summed E-state index contributed by atoms with van der Waals surface area (Å²) in [5.74, 6) is -0.172. The lowest BCUT2D eigenvalue weighted by Gasteiger charge is -2.17. The molecule has 0 spiro atoms. The fourth-order valence-electron chi connectivity index (χ4n) is 2.05. The summed E-state index contributed by atoms with van der Waals surface area (Å²) < 4.78 is 14.7. The maximum atomic E-state index is 14.0. The van der Waals surface area contributed by atoms with Crippen LogP contribution >= 0.6 is 27.3 Å². The van der Waals surface area contributed by atoms with Crippen molar-refractivity contribution >= 4 is 27.3 Å². The van der Waals surface area contributed by atoms with Crippen molar-refractivity contribution in [3.8, 4) is 0 Å². The molecule has 108 valence electrons. The zero-order chi connectivity index (χ0) is 14.5. The largest absolute Gasteiger partial charge is 0.308 e. The van der Waals surface area contributed by atoms with Crippen LogP contribution in [0.2, 0.25) is 0 Å². The van der Waals surface area contributed by atoms with Crippen LogP contribution in [0.3, 0.4) is 0 Å². The van der Waals surface area contributed by atoms with Gasteiger partial charge < -0.3 is 5.32 Å². The molecule has 5 heteroatoms. The standard InChI is InChI=1S/C15H18BrFN2S/c1-3-6-18-14(15-9-20-10(2)19-15)7-11-4-5-12(16)8-13(11)17/h4-5,8-9,14,18H,3,6-7H2,1-2H3. The third-order valence-electron chi connectivity index (χ3n) is 3.07. The van der Waals surface area contributed by atoms with Crippen molar-refractivity contribution in [1.82, 2.24) is 10.3 Å². The molecule has 2 rings (SSSR count). The molecule has 0 saturated heterocycles. The minimum atomic E-state index is -0.172. The van der Waals surface area contributed by atoms with Crippen LogP contribution in [0.1, 0.15) is 35.7 Å². The summed E-state index contributed by atoms with van der Waals surface area (Å²) in [6.45, 7) is 5.02. The van der Waals surface area contributed by atoms with Crippen molar-refractivity contribution in [3.05, 3.63) is 50.1 Å². The summed E-state index contributed by atoms with van der Waals surface area (Å²) in [6.07, 6.45) is 1.66. The Morgan fingerprint density at radius 3 is 2.85 bits per heavy atom. The van der Waals surface area contributed by atoms with Crippen molar-refractivity contribution in [2.45, 2.75) is 32.7 Å². The molecule has 0 aliphatic heterocycles. The molecule has 20 heavy (non-hydrogen) atoms. The smallest absolute Gasteiger partial charge is 0.127 e. The summed E-state index contributed by atoms with van der Waals surface area (Å²) >= 11 is 4.92. The lowest BCUT2D eigenvalue weighted by atomic mass is 10.0. The SMILES string of the molecule is CCCNC(Cc1ccc(Br)cc1F)c1csc(C)n1. The summed E-state index contributed by atoms with van der Waals surface area (Å²) in [5, 5.41) is 6.55. The molecule has 0 bridgehead atoms. The van der Waals surface area contributed by atoms with Gasteiger partial charge in [-0.1, -0.05) is 28.9 Å². The Morgan fingerprint density at radius 2 is 2.25 bits per heavy atom. The number of hydrogen-bond acceptors (Lipinski definition) is 3. The number of nitrogens with zero attached hydrogens (tertiary/aromatic N) is 1. The van der Waals surface area contributed by atoms with E-state index in [0.717, 1.165) is 28.1 Å². The van der Waals surface area contributed by atoms with Gasteiger partial charge in [-0.3, -0.25) is 0 Å². The highest BCUT2D eigenvalue weighted by Gasteiger charge is 2.16. The van der Waals surface area contributed by atoms with Crippen molar-refractivity contribution in [2.75, 3.05) is 6.54 Å². The third-order valence-corrected chi connectivity index (χ3v) is 4.36. The van der Waals surface area contributed by atoms with Gasteiger partial charge in [0, 0.05) is 9.85 Å². The molecule has 1 unspecified atom stereocenters. The average molecular weight is 357 g/mol. The van der Waals surface area contributed by atoms with Gasteiger partial charge in [0.25, 0.3) is 0 Å². The van der Waals surface area contributed by atoms with Crippen molar-refractivity contribution in [2.24, 2.45) is 0 Å². The molecule has 0 aliphatic carbocycles. The first-order chi connectivity index (χ1) is 9.60. The second kappa shape index (κ2) is 7.29. The van der Waals surface area contributed by atoms with E-state index in [9.17, 15) is 4.39 Å². The predicted molar refractivity (Wildman–Crippen MR) is 85.7 cm³/mol. The number of benzene rings is 1. The van der Waals surface area contributed by atoms with Crippen LogP contribution in [-0.4, -0.2) is 11.5 Å². The maximum Gasteiger partial charge on any atom is 0.127 e. The van der Waals surface area contributed by atoms with Gasteiger partial charge in [0.2, 0.25) is 0 Å². The van der Waals surface area contributed by atoms with E-state index in [-0.39, 0.29) is 11.9 Å². The number of halogens is 2. The third kappa shape index (κ3) is 4.11. The van der Waals surface area contributed by atoms with Crippen LogP contribution in [0.15, 0.2) is 28.1 Å². The van der Waals surface area contributed by atoms with E-state index in [2.05, 4.69) is 38.5 Å². The van der Waals surface area contributed by atoms with Crippen LogP contribution < -0.4 is 5.32 Å². The topological polar surface area (TPSA) is 24.9 Å². The molecule has 2 aromatic rings. The van der Waals surface area contributed by atoms with Gasteiger partial charge in [-0.05, 0) is 44.0 Å². The Balaban J connectivity index is 2.18. The molecule has 0 fully saturated rings. The molecule has 1 aromatic carbocycles. The first kappa shape index (κ1) is 15.6. The molecule has 0 radical (unpaired) electrons. The molecular formula is C15H18BrFN2S. The van der Waals surface area contributed by atoms with E-state index >= 15 is 0 Å². The second-order valence-electron chi connectivity index (χ2n) is 4.74. The molecular weight excluding hydrogens is 339 g/mol. The van der Waals surface area contributed by atoms with Crippen LogP contribution in [0.4, 0.5) is 4.39 Å². The summed E-state index contributed by atoms with van der Waals surface area (Å²) in [4.78, 5) is 4.53. The lowest BCUT2D eigenvalue weighted by molar-refractivity contribution is 0.504. The molecule has 2 nitrogen and oxygen atoms in total. The van der Waals surface area contributed by atoms with Crippen LogP contribution in [0.5, 0.6) is 0 Å². The number of aromatic nitrogens is 1. The highest BCUT2D eigenvalue weighted by Crippen LogP contribution is 2.23. The quantitative estimate of drug-likeness (QED) is 0.815. The van der Waals surface area contributed by atoms with E-state index in [1.807, 2.05) is 19.1 Å². The first-order valence-corrected chi connectivity index (χ1v) is 8.36. The van der Waals surface area contributed by atoms with Gasteiger partial charge >= 0.3 is 0 Å². The van der Waals surface area contributed by atoms with Crippen molar-refractivity contribution in [1.29, 1.82) is 0 Å². The predicted octanol–water partition coefficient (Wildman–Crippen LogP) is 4.64. The number of nitrogens with one attached hydrogen (secondary N) is 1. The number of rotatable bonds is 6. The molecule has 1 heterocycles. The highest BCUT2D eigenvalue weighted by atomic mass is 79.9. The summed E-state index contributed by atoms with van der Waals surface area (Å²) in [7, 11) is 0. The number of hydrogen-bond donors (Lipinski definition) is 1. The van der Waals surface area contributed by atoms with Gasteiger partial charge in [0.05, 0.1) is 16.7 Å². The lowest BCUT2D eigenvalue weighted by Crippen LogP contribution is -2.24. The van der Waals surface area contributed by atoms with Gasteiger partial charge in [-0.2, -0.15) is 0 Å². The molecule has 0 saturated carbocycles. The summed E-state index contributed by atoms with van der Waals surface area (Å²) in [5.41, 5.74) is 1.72. The maximum absolute atomic E-state index is 14.0. The molecule has 1 aromatic heterocycles. The van der Waals surface area contributed by atoms with Gasteiger partial charge in [0.15, 0.2) is 0 Å². The van der Waals surface area contributed by atoms with Crippen molar-refractivity contribution in [3.63, 3.8) is 0 Å². The Morgan fingerprint density at radius 1 is 1.45 bits per heavy atom. The number of thiazole rings is 1. The zero-order valence-electron chi connectivity index (χ0n) is 11.6. The Hall–Kier alpha value is -0.780. The number of aryl methyl sites for hydroxylation is 1. The van der Waals surface area contributed by atoms with Crippen molar-refractivity contribution < 1.29 is 4.39 Å². The van der Waals surface area contributed by atoms with Gasteiger partial charge in [0.1, 0.15) is 5.82 Å². The Kier molecular flexibility index (Phi) is 5.69. The Labute approximate surface area is 131 Å². The molecule has 0 aliphatic rings. The van der Waals surface area contributed by atoms with E-state index in [4.69, 9.17) is 0 Å². The Bertz CT molecular complexity index is 571. The second-order valence-corrected chi connectivity index (χ2v) is 6.72. The zero-order valence-corrected chi connectivity index (χ0v) is 14.0. The minimum absolute atomic E-state index is 0.0653.